The van der Waals surface area contributed by atoms with E-state index in [0.717, 1.165) is 19.6 Å². The molecule has 0 aromatic heterocycles. The molecule has 0 radical (unpaired) electrons. The van der Waals surface area contributed by atoms with Gasteiger partial charge >= 0.3 is 0 Å². The third-order valence-electron chi connectivity index (χ3n) is 3.89. The Morgan fingerprint density at radius 3 is 2.67 bits per heavy atom. The summed E-state index contributed by atoms with van der Waals surface area (Å²) in [5, 5.41) is 21.7. The summed E-state index contributed by atoms with van der Waals surface area (Å²) >= 11 is 1.37. The lowest BCUT2D eigenvalue weighted by Gasteiger charge is -2.33. The minimum Gasteiger partial charge on any atom is -0.376 e. The smallest absolute Gasteiger partial charge is 0.159 e. The average Bonchev–Trinajstić information content (AvgIpc) is 2.61. The number of morpholine rings is 1. The summed E-state index contributed by atoms with van der Waals surface area (Å²) in [4.78, 5) is 2.37. The molecule has 1 aliphatic rings. The van der Waals surface area contributed by atoms with E-state index >= 15 is 0 Å². The highest BCUT2D eigenvalue weighted by Crippen LogP contribution is 2.15. The molecule has 1 aliphatic heterocycles. The maximum absolute atomic E-state index is 8.97. The highest BCUT2D eigenvalue weighted by Gasteiger charge is 2.21. The zero-order valence-corrected chi connectivity index (χ0v) is 14.9. The molecule has 1 atom stereocenters. The van der Waals surface area contributed by atoms with Gasteiger partial charge in [-0.05, 0) is 18.7 Å². The third-order valence-corrected chi connectivity index (χ3v) is 4.65. The van der Waals surface area contributed by atoms with Gasteiger partial charge in [-0.1, -0.05) is 29.8 Å². The molecule has 1 N–H and O–H groups in total. The zero-order chi connectivity index (χ0) is 17.4. The molecule has 1 unspecified atom stereocenters. The van der Waals surface area contributed by atoms with Gasteiger partial charge in [0.25, 0.3) is 0 Å². The van der Waals surface area contributed by atoms with Crippen molar-refractivity contribution in [2.24, 2.45) is 0 Å². The predicted octanol–water partition coefficient (Wildman–Crippen LogP) is 2.41. The van der Waals surface area contributed by atoms with Crippen molar-refractivity contribution in [2.45, 2.75) is 19.6 Å². The monoisotopic (exact) mass is 342 g/mol. The summed E-state index contributed by atoms with van der Waals surface area (Å²) in [5.41, 5.74) is 2.69. The molecule has 5 nitrogen and oxygen atoms in total. The lowest BCUT2D eigenvalue weighted by Crippen LogP contribution is -2.46. The van der Waals surface area contributed by atoms with Crippen LogP contribution < -0.4 is 5.32 Å². The van der Waals surface area contributed by atoms with E-state index in [1.807, 2.05) is 18.4 Å². The minimum atomic E-state index is 0.0463. The van der Waals surface area contributed by atoms with Gasteiger partial charge < -0.3 is 10.1 Å². The summed E-state index contributed by atoms with van der Waals surface area (Å²) < 4.78 is 5.81. The van der Waals surface area contributed by atoms with Crippen LogP contribution in [0.2, 0.25) is 0 Å². The molecule has 126 valence electrons. The number of thioether (sulfide) groups is 1. The normalized spacial score (nSPS) is 17.6. The van der Waals surface area contributed by atoms with Gasteiger partial charge in [-0.3, -0.25) is 4.90 Å². The second-order valence-corrected chi connectivity index (χ2v) is 6.54. The van der Waals surface area contributed by atoms with Gasteiger partial charge in [-0.25, -0.2) is 0 Å². The van der Waals surface area contributed by atoms with Crippen LogP contribution >= 0.6 is 11.8 Å². The molecule has 24 heavy (non-hydrogen) atoms. The molecular formula is C18H22N4OS. The van der Waals surface area contributed by atoms with Crippen molar-refractivity contribution in [1.29, 1.82) is 10.5 Å². The largest absolute Gasteiger partial charge is 0.376 e. The fourth-order valence-corrected chi connectivity index (χ4v) is 3.12. The Balaban J connectivity index is 1.89. The van der Waals surface area contributed by atoms with E-state index in [-0.39, 0.29) is 11.7 Å². The van der Waals surface area contributed by atoms with Crippen LogP contribution in [0, 0.1) is 29.6 Å². The van der Waals surface area contributed by atoms with Crippen molar-refractivity contribution in [2.75, 3.05) is 32.5 Å². The molecule has 1 heterocycles. The molecule has 2 rings (SSSR count). The van der Waals surface area contributed by atoms with E-state index in [2.05, 4.69) is 41.4 Å². The van der Waals surface area contributed by atoms with E-state index in [4.69, 9.17) is 15.3 Å². The molecule has 0 spiro atoms. The first-order valence-electron chi connectivity index (χ1n) is 7.88. The maximum Gasteiger partial charge on any atom is 0.159 e. The Labute approximate surface area is 147 Å². The van der Waals surface area contributed by atoms with Crippen LogP contribution in [0.25, 0.3) is 0 Å². The molecule has 0 amide bonds. The molecule has 1 saturated heterocycles. The van der Waals surface area contributed by atoms with E-state index in [1.54, 1.807) is 0 Å². The van der Waals surface area contributed by atoms with Gasteiger partial charge in [0, 0.05) is 26.2 Å². The second-order valence-electron chi connectivity index (χ2n) is 5.73. The fourth-order valence-electron chi connectivity index (χ4n) is 2.59. The van der Waals surface area contributed by atoms with Gasteiger partial charge in [0.2, 0.25) is 0 Å². The maximum atomic E-state index is 8.97. The number of benzene rings is 1. The standard InChI is InChI=1S/C18H22N4OS/c1-14-3-5-15(6-4-14)12-22-7-8-23-17(13-22)11-21-18(24-2)16(9-19)10-20/h3-6,17,21H,7-8,11-13H2,1-2H3. The first kappa shape index (κ1) is 18.4. The highest BCUT2D eigenvalue weighted by atomic mass is 32.2. The summed E-state index contributed by atoms with van der Waals surface area (Å²) in [6, 6.07) is 12.4. The molecule has 0 saturated carbocycles. The summed E-state index contributed by atoms with van der Waals surface area (Å²) in [6.07, 6.45) is 1.90. The van der Waals surface area contributed by atoms with Gasteiger partial charge in [0.15, 0.2) is 5.57 Å². The first-order valence-corrected chi connectivity index (χ1v) is 9.10. The number of rotatable bonds is 6. The first-order chi connectivity index (χ1) is 11.7. The SMILES string of the molecule is CSC(NCC1CN(Cc2ccc(C)cc2)CCO1)=C(C#N)C#N. The topological polar surface area (TPSA) is 72.1 Å². The van der Waals surface area contributed by atoms with Crippen LogP contribution in [0.5, 0.6) is 0 Å². The number of aryl methyl sites for hydroxylation is 1. The number of hydrogen-bond acceptors (Lipinski definition) is 6. The van der Waals surface area contributed by atoms with E-state index in [1.165, 1.54) is 22.9 Å². The number of nitrogens with zero attached hydrogens (tertiary/aromatic N) is 3. The Hall–Kier alpha value is -1.99. The van der Waals surface area contributed by atoms with Crippen molar-refractivity contribution in [3.8, 4) is 12.1 Å². The van der Waals surface area contributed by atoms with Crippen LogP contribution in [-0.2, 0) is 11.3 Å². The number of allylic oxidation sites excluding steroid dienone is 1. The van der Waals surface area contributed by atoms with E-state index < -0.39 is 0 Å². The highest BCUT2D eigenvalue weighted by molar-refractivity contribution is 8.02. The molecule has 1 fully saturated rings. The molecular weight excluding hydrogens is 320 g/mol. The molecule has 6 heteroatoms. The number of hydrogen-bond donors (Lipinski definition) is 1. The number of ether oxygens (including phenoxy) is 1. The number of nitrogens with one attached hydrogen (secondary N) is 1. The Morgan fingerprint density at radius 2 is 2.04 bits per heavy atom. The summed E-state index contributed by atoms with van der Waals surface area (Å²) in [6.45, 7) is 6.03. The Bertz CT molecular complexity index is 641. The van der Waals surface area contributed by atoms with Gasteiger partial charge in [-0.2, -0.15) is 10.5 Å². The van der Waals surface area contributed by atoms with E-state index in [0.29, 0.717) is 18.2 Å². The molecule has 0 bridgehead atoms. The van der Waals surface area contributed by atoms with Crippen molar-refractivity contribution < 1.29 is 4.74 Å². The lowest BCUT2D eigenvalue weighted by molar-refractivity contribution is -0.0287. The summed E-state index contributed by atoms with van der Waals surface area (Å²) in [7, 11) is 0. The van der Waals surface area contributed by atoms with Crippen LogP contribution in [0.1, 0.15) is 11.1 Å². The van der Waals surface area contributed by atoms with Crippen LogP contribution in [0.4, 0.5) is 0 Å². The van der Waals surface area contributed by atoms with Crippen molar-refractivity contribution in [3.05, 3.63) is 46.0 Å². The van der Waals surface area contributed by atoms with Crippen LogP contribution in [0.3, 0.4) is 0 Å². The fraction of sp³-hybridized carbons (Fsp3) is 0.444. The zero-order valence-electron chi connectivity index (χ0n) is 14.1. The second kappa shape index (κ2) is 9.34. The third kappa shape index (κ3) is 5.28. The van der Waals surface area contributed by atoms with Gasteiger partial charge in [0.1, 0.15) is 12.1 Å². The molecule has 1 aromatic carbocycles. The van der Waals surface area contributed by atoms with Crippen molar-refractivity contribution in [3.63, 3.8) is 0 Å². The lowest BCUT2D eigenvalue weighted by atomic mass is 10.1. The average molecular weight is 342 g/mol. The Morgan fingerprint density at radius 1 is 1.33 bits per heavy atom. The van der Waals surface area contributed by atoms with E-state index in [9.17, 15) is 0 Å². The van der Waals surface area contributed by atoms with Crippen molar-refractivity contribution in [1.82, 2.24) is 10.2 Å². The van der Waals surface area contributed by atoms with Gasteiger partial charge in [0.05, 0.1) is 17.7 Å². The number of nitriles is 2. The van der Waals surface area contributed by atoms with Crippen LogP contribution in [-0.4, -0.2) is 43.5 Å². The minimum absolute atomic E-state index is 0.0463. The van der Waals surface area contributed by atoms with Gasteiger partial charge in [-0.15, -0.1) is 11.8 Å². The Kier molecular flexibility index (Phi) is 7.14. The molecule has 1 aromatic rings. The predicted molar refractivity (Wildman–Crippen MR) is 96.0 cm³/mol. The summed E-state index contributed by atoms with van der Waals surface area (Å²) in [5.74, 6) is 0. The quantitative estimate of drug-likeness (QED) is 0.801. The van der Waals surface area contributed by atoms with Crippen LogP contribution in [0.15, 0.2) is 34.9 Å². The molecule has 0 aliphatic carbocycles. The van der Waals surface area contributed by atoms with Crippen molar-refractivity contribution >= 4 is 11.8 Å².